The van der Waals surface area contributed by atoms with E-state index in [1.165, 1.54) is 0 Å². The van der Waals surface area contributed by atoms with Gasteiger partial charge in [0.05, 0.1) is 6.61 Å². The molecule has 6 heteroatoms. The zero-order valence-electron chi connectivity index (χ0n) is 11.1. The molecule has 0 unspecified atom stereocenters. The lowest BCUT2D eigenvalue weighted by atomic mass is 10.2. The van der Waals surface area contributed by atoms with E-state index in [0.717, 1.165) is 11.5 Å². The lowest BCUT2D eigenvalue weighted by Crippen LogP contribution is -2.34. The van der Waals surface area contributed by atoms with Gasteiger partial charge in [0.2, 0.25) is 5.88 Å². The maximum atomic E-state index is 5.54. The highest BCUT2D eigenvalue weighted by Crippen LogP contribution is 2.13. The summed E-state index contributed by atoms with van der Waals surface area (Å²) in [6, 6.07) is 3.84. The van der Waals surface area contributed by atoms with Crippen molar-refractivity contribution in [3.8, 4) is 5.88 Å². The molecule has 1 heterocycles. The topological polar surface area (TPSA) is 67.8 Å². The van der Waals surface area contributed by atoms with E-state index in [4.69, 9.17) is 9.47 Å². The van der Waals surface area contributed by atoms with E-state index in [9.17, 15) is 0 Å². The van der Waals surface area contributed by atoms with Gasteiger partial charge in [-0.2, -0.15) is 0 Å². The first-order valence-electron chi connectivity index (χ1n) is 5.75. The molecular formula is C12H20N4O2. The summed E-state index contributed by atoms with van der Waals surface area (Å²) in [5.74, 6) is 1.34. The molecule has 1 aromatic rings. The summed E-state index contributed by atoms with van der Waals surface area (Å²) in [5, 5.41) is 6.11. The molecule has 0 amide bonds. The fourth-order valence-electron chi connectivity index (χ4n) is 1.37. The summed E-state index contributed by atoms with van der Waals surface area (Å²) in [6.45, 7) is 1.63. The van der Waals surface area contributed by atoms with Gasteiger partial charge >= 0.3 is 0 Å². The zero-order valence-corrected chi connectivity index (χ0v) is 11.1. The second-order valence-corrected chi connectivity index (χ2v) is 3.48. The molecule has 0 aromatic carbocycles. The van der Waals surface area contributed by atoms with Crippen LogP contribution >= 0.6 is 0 Å². The standard InChI is InChI=1S/C12H20N4O2/c1-13-12(14-2)16-9-10-5-4-6-15-11(10)18-8-7-17-3/h4-6H,7-9H2,1-3H3,(H2,13,14,16). The SMILES string of the molecule is CN=C(NC)NCc1cccnc1OCCOC. The van der Waals surface area contributed by atoms with Gasteiger partial charge in [-0.3, -0.25) is 4.99 Å². The van der Waals surface area contributed by atoms with Crippen LogP contribution in [0.5, 0.6) is 5.88 Å². The average molecular weight is 252 g/mol. The molecular weight excluding hydrogens is 232 g/mol. The summed E-state index contributed by atoms with van der Waals surface area (Å²) >= 11 is 0. The molecule has 1 aromatic heterocycles. The van der Waals surface area contributed by atoms with Gasteiger partial charge in [-0.05, 0) is 6.07 Å². The highest BCUT2D eigenvalue weighted by atomic mass is 16.5. The summed E-state index contributed by atoms with van der Waals surface area (Å²) < 4.78 is 10.5. The molecule has 0 saturated heterocycles. The van der Waals surface area contributed by atoms with E-state index in [0.29, 0.717) is 25.6 Å². The molecule has 0 atom stereocenters. The van der Waals surface area contributed by atoms with Gasteiger partial charge in [-0.25, -0.2) is 4.98 Å². The quantitative estimate of drug-likeness (QED) is 0.436. The van der Waals surface area contributed by atoms with E-state index < -0.39 is 0 Å². The van der Waals surface area contributed by atoms with Crippen LogP contribution in [0.3, 0.4) is 0 Å². The molecule has 0 radical (unpaired) electrons. The number of aliphatic imine (C=N–C) groups is 1. The summed E-state index contributed by atoms with van der Waals surface area (Å²) in [5.41, 5.74) is 0.977. The largest absolute Gasteiger partial charge is 0.475 e. The minimum atomic E-state index is 0.487. The van der Waals surface area contributed by atoms with Crippen molar-refractivity contribution >= 4 is 5.96 Å². The number of nitrogens with one attached hydrogen (secondary N) is 2. The predicted molar refractivity (Wildman–Crippen MR) is 70.9 cm³/mol. The molecule has 18 heavy (non-hydrogen) atoms. The number of aromatic nitrogens is 1. The van der Waals surface area contributed by atoms with E-state index in [1.54, 1.807) is 20.4 Å². The Labute approximate surface area is 107 Å². The second kappa shape index (κ2) is 8.30. The van der Waals surface area contributed by atoms with Crippen LogP contribution in [0.25, 0.3) is 0 Å². The predicted octanol–water partition coefficient (Wildman–Crippen LogP) is 0.402. The smallest absolute Gasteiger partial charge is 0.218 e. The van der Waals surface area contributed by atoms with E-state index >= 15 is 0 Å². The lowest BCUT2D eigenvalue weighted by molar-refractivity contribution is 0.143. The van der Waals surface area contributed by atoms with Crippen LogP contribution in [0.1, 0.15) is 5.56 Å². The van der Waals surface area contributed by atoms with Crippen LogP contribution < -0.4 is 15.4 Å². The molecule has 0 aliphatic heterocycles. The Morgan fingerprint density at radius 3 is 2.94 bits per heavy atom. The maximum Gasteiger partial charge on any atom is 0.218 e. The van der Waals surface area contributed by atoms with Gasteiger partial charge < -0.3 is 20.1 Å². The van der Waals surface area contributed by atoms with Gasteiger partial charge in [0.1, 0.15) is 6.61 Å². The van der Waals surface area contributed by atoms with Crippen LogP contribution in [0, 0.1) is 0 Å². The molecule has 0 saturated carbocycles. The normalized spacial score (nSPS) is 11.2. The van der Waals surface area contributed by atoms with Crippen LogP contribution in [-0.2, 0) is 11.3 Å². The minimum Gasteiger partial charge on any atom is -0.475 e. The van der Waals surface area contributed by atoms with E-state index in [2.05, 4.69) is 20.6 Å². The lowest BCUT2D eigenvalue weighted by Gasteiger charge is -2.12. The molecule has 2 N–H and O–H groups in total. The summed E-state index contributed by atoms with van der Waals surface area (Å²) in [6.07, 6.45) is 1.71. The highest BCUT2D eigenvalue weighted by molar-refractivity contribution is 5.79. The van der Waals surface area contributed by atoms with Crippen LogP contribution in [0.2, 0.25) is 0 Å². The van der Waals surface area contributed by atoms with Crippen molar-refractivity contribution in [1.29, 1.82) is 0 Å². The van der Waals surface area contributed by atoms with E-state index in [-0.39, 0.29) is 0 Å². The molecule has 0 spiro atoms. The third-order valence-corrected chi connectivity index (χ3v) is 2.28. The number of hydrogen-bond acceptors (Lipinski definition) is 4. The zero-order chi connectivity index (χ0) is 13.2. The Morgan fingerprint density at radius 1 is 1.44 bits per heavy atom. The molecule has 100 valence electrons. The fourth-order valence-corrected chi connectivity index (χ4v) is 1.37. The van der Waals surface area contributed by atoms with Gasteiger partial charge in [-0.1, -0.05) is 6.07 Å². The number of guanidine groups is 1. The Hall–Kier alpha value is -1.82. The number of nitrogens with zero attached hydrogens (tertiary/aromatic N) is 2. The molecule has 1 rings (SSSR count). The molecule has 6 nitrogen and oxygen atoms in total. The molecule has 0 fully saturated rings. The Bertz CT molecular complexity index is 382. The van der Waals surface area contributed by atoms with Crippen LogP contribution in [0.4, 0.5) is 0 Å². The van der Waals surface area contributed by atoms with E-state index in [1.807, 2.05) is 19.2 Å². The van der Waals surface area contributed by atoms with Crippen LogP contribution in [0.15, 0.2) is 23.3 Å². The van der Waals surface area contributed by atoms with Gasteiger partial charge in [0, 0.05) is 39.5 Å². The first-order valence-corrected chi connectivity index (χ1v) is 5.75. The first kappa shape index (κ1) is 14.2. The molecule has 0 bridgehead atoms. The van der Waals surface area contributed by atoms with Crippen molar-refractivity contribution in [3.05, 3.63) is 23.9 Å². The van der Waals surface area contributed by atoms with Gasteiger partial charge in [-0.15, -0.1) is 0 Å². The fraction of sp³-hybridized carbons (Fsp3) is 0.500. The number of rotatable bonds is 6. The second-order valence-electron chi connectivity index (χ2n) is 3.48. The number of ether oxygens (including phenoxy) is 2. The van der Waals surface area contributed by atoms with Crippen molar-refractivity contribution in [2.45, 2.75) is 6.54 Å². The van der Waals surface area contributed by atoms with Gasteiger partial charge in [0.25, 0.3) is 0 Å². The van der Waals surface area contributed by atoms with Crippen molar-refractivity contribution in [1.82, 2.24) is 15.6 Å². The van der Waals surface area contributed by atoms with Crippen molar-refractivity contribution < 1.29 is 9.47 Å². The first-order chi connectivity index (χ1) is 8.81. The Morgan fingerprint density at radius 2 is 2.28 bits per heavy atom. The minimum absolute atomic E-state index is 0.487. The summed E-state index contributed by atoms with van der Waals surface area (Å²) in [4.78, 5) is 8.24. The maximum absolute atomic E-state index is 5.54. The third kappa shape index (κ3) is 4.58. The molecule has 0 aliphatic carbocycles. The summed E-state index contributed by atoms with van der Waals surface area (Å²) in [7, 11) is 5.17. The Kier molecular flexibility index (Phi) is 6.56. The number of pyridine rings is 1. The van der Waals surface area contributed by atoms with Crippen molar-refractivity contribution in [2.24, 2.45) is 4.99 Å². The monoisotopic (exact) mass is 252 g/mol. The highest BCUT2D eigenvalue weighted by Gasteiger charge is 2.05. The molecule has 0 aliphatic rings. The van der Waals surface area contributed by atoms with Crippen molar-refractivity contribution in [3.63, 3.8) is 0 Å². The van der Waals surface area contributed by atoms with Gasteiger partial charge in [0.15, 0.2) is 5.96 Å². The number of hydrogen-bond donors (Lipinski definition) is 2. The third-order valence-electron chi connectivity index (χ3n) is 2.28. The number of methoxy groups -OCH3 is 1. The average Bonchev–Trinajstić information content (AvgIpc) is 2.41. The van der Waals surface area contributed by atoms with Crippen LogP contribution in [-0.4, -0.2) is 45.4 Å². The Balaban J connectivity index is 2.58. The van der Waals surface area contributed by atoms with Crippen molar-refractivity contribution in [2.75, 3.05) is 34.4 Å².